The first-order valence-electron chi connectivity index (χ1n) is 10.2. The van der Waals surface area contributed by atoms with Crippen LogP contribution in [-0.4, -0.2) is 45.9 Å². The summed E-state index contributed by atoms with van der Waals surface area (Å²) in [5.41, 5.74) is 1.89. The van der Waals surface area contributed by atoms with Crippen molar-refractivity contribution in [2.75, 3.05) is 19.6 Å². The molecule has 2 amide bonds. The first kappa shape index (κ1) is 21.7. The maximum atomic E-state index is 12.9. The van der Waals surface area contributed by atoms with Gasteiger partial charge in [-0.2, -0.15) is 0 Å². The molecule has 2 rings (SSSR count). The molecular formula is C22H32N4O2. The summed E-state index contributed by atoms with van der Waals surface area (Å²) in [5.74, 6) is 0.943. The van der Waals surface area contributed by atoms with E-state index in [-0.39, 0.29) is 11.8 Å². The van der Waals surface area contributed by atoms with Gasteiger partial charge in [-0.15, -0.1) is 0 Å². The van der Waals surface area contributed by atoms with Crippen molar-refractivity contribution in [3.8, 4) is 0 Å². The molecule has 0 aliphatic heterocycles. The molecule has 0 unspecified atom stereocenters. The molecule has 0 atom stereocenters. The van der Waals surface area contributed by atoms with Crippen LogP contribution < -0.4 is 5.32 Å². The van der Waals surface area contributed by atoms with E-state index >= 15 is 0 Å². The van der Waals surface area contributed by atoms with E-state index in [1.165, 1.54) is 6.08 Å². The van der Waals surface area contributed by atoms with E-state index in [0.29, 0.717) is 19.5 Å². The van der Waals surface area contributed by atoms with Gasteiger partial charge in [-0.05, 0) is 44.4 Å². The lowest BCUT2D eigenvalue weighted by molar-refractivity contribution is -0.131. The number of para-hydroxylation sites is 2. The quantitative estimate of drug-likeness (QED) is 0.477. The maximum Gasteiger partial charge on any atom is 0.243 e. The Labute approximate surface area is 167 Å². The maximum absolute atomic E-state index is 12.9. The highest BCUT2D eigenvalue weighted by atomic mass is 16.2. The molecule has 0 radical (unpaired) electrons. The number of rotatable bonds is 11. The Morgan fingerprint density at radius 3 is 2.57 bits per heavy atom. The molecule has 2 aromatic rings. The molecule has 6 heteroatoms. The number of carbonyl (C=O) groups excluding carboxylic acids is 2. The highest BCUT2D eigenvalue weighted by Gasteiger charge is 2.17. The van der Waals surface area contributed by atoms with Gasteiger partial charge in [0, 0.05) is 26.1 Å². The summed E-state index contributed by atoms with van der Waals surface area (Å²) in [5, 5.41) is 2.86. The molecule has 0 saturated heterocycles. The van der Waals surface area contributed by atoms with Crippen LogP contribution in [0, 0.1) is 0 Å². The number of allylic oxidation sites excluding steroid dienone is 1. The minimum atomic E-state index is -0.0825. The number of aromatic nitrogens is 2. The molecule has 1 heterocycles. The first-order valence-corrected chi connectivity index (χ1v) is 10.2. The fourth-order valence-corrected chi connectivity index (χ4v) is 3.30. The van der Waals surface area contributed by atoms with Gasteiger partial charge in [0.2, 0.25) is 11.8 Å². The molecular weight excluding hydrogens is 352 g/mol. The molecule has 0 spiro atoms. The van der Waals surface area contributed by atoms with Crippen molar-refractivity contribution in [3.63, 3.8) is 0 Å². The highest BCUT2D eigenvalue weighted by Crippen LogP contribution is 2.17. The van der Waals surface area contributed by atoms with Crippen molar-refractivity contribution in [2.24, 2.45) is 0 Å². The van der Waals surface area contributed by atoms with E-state index < -0.39 is 0 Å². The van der Waals surface area contributed by atoms with E-state index in [2.05, 4.69) is 19.2 Å². The zero-order valence-corrected chi connectivity index (χ0v) is 17.3. The smallest absolute Gasteiger partial charge is 0.243 e. The topological polar surface area (TPSA) is 67.2 Å². The van der Waals surface area contributed by atoms with Crippen LogP contribution in [0.3, 0.4) is 0 Å². The van der Waals surface area contributed by atoms with Gasteiger partial charge in [0.25, 0.3) is 0 Å². The Balaban J connectivity index is 2.13. The second-order valence-electron chi connectivity index (χ2n) is 6.88. The average molecular weight is 385 g/mol. The molecule has 152 valence electrons. The van der Waals surface area contributed by atoms with Gasteiger partial charge in [0.15, 0.2) is 0 Å². The molecule has 28 heavy (non-hydrogen) atoms. The molecule has 0 fully saturated rings. The van der Waals surface area contributed by atoms with Gasteiger partial charge < -0.3 is 14.8 Å². The predicted molar refractivity (Wildman–Crippen MR) is 113 cm³/mol. The standard InChI is InChI=1S/C22H32N4O2/c1-4-10-21(27)23-14-9-13-20-24-18-11-7-8-12-19(18)26(20)17-22(28)25(15-5-2)16-6-3/h4,7-8,10-12H,5-6,9,13-17H2,1-3H3,(H,23,27)/b10-4-. The first-order chi connectivity index (χ1) is 13.6. The van der Waals surface area contributed by atoms with Gasteiger partial charge in [-0.1, -0.05) is 32.1 Å². The Kier molecular flexibility index (Phi) is 8.72. The SMILES string of the molecule is C/C=C\C(=O)NCCCc1nc2ccccc2n1CC(=O)N(CCC)CCC. The number of hydrogen-bond donors (Lipinski definition) is 1. The number of carbonyl (C=O) groups is 2. The van der Waals surface area contributed by atoms with Crippen molar-refractivity contribution < 1.29 is 9.59 Å². The third kappa shape index (κ3) is 5.94. The minimum absolute atomic E-state index is 0.0825. The molecule has 0 bridgehead atoms. The van der Waals surface area contributed by atoms with Crippen LogP contribution in [0.15, 0.2) is 36.4 Å². The number of aryl methyl sites for hydroxylation is 1. The summed E-state index contributed by atoms with van der Waals surface area (Å²) >= 11 is 0. The van der Waals surface area contributed by atoms with Crippen molar-refractivity contribution >= 4 is 22.8 Å². The van der Waals surface area contributed by atoms with Crippen molar-refractivity contribution in [2.45, 2.75) is 53.0 Å². The molecule has 0 aliphatic carbocycles. The van der Waals surface area contributed by atoms with Crippen molar-refractivity contribution in [1.29, 1.82) is 0 Å². The summed E-state index contributed by atoms with van der Waals surface area (Å²) in [4.78, 5) is 31.1. The predicted octanol–water partition coefficient (Wildman–Crippen LogP) is 3.31. The second-order valence-corrected chi connectivity index (χ2v) is 6.88. The summed E-state index contributed by atoms with van der Waals surface area (Å²) in [7, 11) is 0. The van der Waals surface area contributed by atoms with Crippen LogP contribution >= 0.6 is 0 Å². The number of imidazole rings is 1. The summed E-state index contributed by atoms with van der Waals surface area (Å²) in [6.45, 7) is 8.46. The number of fused-ring (bicyclic) bond motifs is 1. The number of amides is 2. The van der Waals surface area contributed by atoms with E-state index in [1.54, 1.807) is 6.08 Å². The van der Waals surface area contributed by atoms with Crippen molar-refractivity contribution in [1.82, 2.24) is 19.8 Å². The minimum Gasteiger partial charge on any atom is -0.353 e. The number of nitrogens with one attached hydrogen (secondary N) is 1. The van der Waals surface area contributed by atoms with Gasteiger partial charge in [-0.3, -0.25) is 9.59 Å². The van der Waals surface area contributed by atoms with Crippen molar-refractivity contribution in [3.05, 3.63) is 42.2 Å². The van der Waals surface area contributed by atoms with E-state index in [0.717, 1.165) is 49.2 Å². The fraction of sp³-hybridized carbons (Fsp3) is 0.500. The molecule has 0 aliphatic rings. The Hall–Kier alpha value is -2.63. The van der Waals surface area contributed by atoms with E-state index in [1.807, 2.05) is 40.7 Å². The number of nitrogens with zero attached hydrogens (tertiary/aromatic N) is 3. The lowest BCUT2D eigenvalue weighted by Crippen LogP contribution is -2.35. The van der Waals surface area contributed by atoms with Gasteiger partial charge in [-0.25, -0.2) is 4.98 Å². The Morgan fingerprint density at radius 2 is 1.89 bits per heavy atom. The lowest BCUT2D eigenvalue weighted by Gasteiger charge is -2.22. The summed E-state index contributed by atoms with van der Waals surface area (Å²) < 4.78 is 2.03. The van der Waals surface area contributed by atoms with Crippen LogP contribution in [0.2, 0.25) is 0 Å². The fourth-order valence-electron chi connectivity index (χ4n) is 3.30. The lowest BCUT2D eigenvalue weighted by atomic mass is 10.2. The summed E-state index contributed by atoms with van der Waals surface area (Å²) in [6, 6.07) is 7.92. The molecule has 1 aromatic carbocycles. The molecule has 0 saturated carbocycles. The average Bonchev–Trinajstić information content (AvgIpc) is 3.03. The number of benzene rings is 1. The Morgan fingerprint density at radius 1 is 1.18 bits per heavy atom. The third-order valence-corrected chi connectivity index (χ3v) is 4.56. The highest BCUT2D eigenvalue weighted by molar-refractivity contribution is 5.87. The summed E-state index contributed by atoms with van der Waals surface area (Å²) in [6.07, 6.45) is 6.63. The molecule has 6 nitrogen and oxygen atoms in total. The van der Waals surface area contributed by atoms with E-state index in [4.69, 9.17) is 4.98 Å². The van der Waals surface area contributed by atoms with Gasteiger partial charge in [0.1, 0.15) is 12.4 Å². The normalized spacial score (nSPS) is 11.2. The van der Waals surface area contributed by atoms with E-state index in [9.17, 15) is 9.59 Å². The van der Waals surface area contributed by atoms with Gasteiger partial charge >= 0.3 is 0 Å². The zero-order chi connectivity index (χ0) is 20.4. The van der Waals surface area contributed by atoms with Gasteiger partial charge in [0.05, 0.1) is 11.0 Å². The van der Waals surface area contributed by atoms with Crippen LogP contribution in [0.5, 0.6) is 0 Å². The monoisotopic (exact) mass is 384 g/mol. The molecule has 1 aromatic heterocycles. The van der Waals surface area contributed by atoms with Crippen LogP contribution in [-0.2, 0) is 22.6 Å². The van der Waals surface area contributed by atoms with Crippen LogP contribution in [0.1, 0.15) is 45.9 Å². The largest absolute Gasteiger partial charge is 0.353 e. The number of hydrogen-bond acceptors (Lipinski definition) is 3. The van der Waals surface area contributed by atoms with Crippen LogP contribution in [0.25, 0.3) is 11.0 Å². The zero-order valence-electron chi connectivity index (χ0n) is 17.3. The Bertz CT molecular complexity index is 804. The molecule has 1 N–H and O–H groups in total. The van der Waals surface area contributed by atoms with Crippen LogP contribution in [0.4, 0.5) is 0 Å². The third-order valence-electron chi connectivity index (χ3n) is 4.56. The second kappa shape index (κ2) is 11.3.